The molecule has 4 N–H and O–H groups in total. The van der Waals surface area contributed by atoms with Crippen LogP contribution in [0, 0.1) is 0 Å². The first kappa shape index (κ1) is 23.4. The van der Waals surface area contributed by atoms with Gasteiger partial charge in [-0.1, -0.05) is 48.0 Å². The predicted octanol–water partition coefficient (Wildman–Crippen LogP) is 2.92. The molecule has 37 heavy (non-hydrogen) atoms. The van der Waals surface area contributed by atoms with Crippen molar-refractivity contribution in [1.29, 1.82) is 0 Å². The van der Waals surface area contributed by atoms with Gasteiger partial charge in [0.25, 0.3) is 6.01 Å². The number of fused-ring (bicyclic) bond motifs is 1. The molecule has 3 atom stereocenters. The third-order valence-electron chi connectivity index (χ3n) is 6.41. The number of benzene rings is 3. The number of hydrogen-bond acceptors (Lipinski definition) is 7. The first-order valence-corrected chi connectivity index (χ1v) is 12.0. The Morgan fingerprint density at radius 2 is 1.78 bits per heavy atom. The molecule has 10 nitrogen and oxygen atoms in total. The maximum Gasteiger partial charge on any atom is 0.361 e. The zero-order valence-corrected chi connectivity index (χ0v) is 20.1. The minimum atomic E-state index is -0.943. The number of hydrogen-bond donors (Lipinski definition) is 4. The molecule has 2 unspecified atom stereocenters. The molecule has 11 heteroatoms. The summed E-state index contributed by atoms with van der Waals surface area (Å²) in [4.78, 5) is 22.5. The van der Waals surface area contributed by atoms with Crippen LogP contribution in [-0.2, 0) is 4.74 Å². The van der Waals surface area contributed by atoms with E-state index >= 15 is 0 Å². The van der Waals surface area contributed by atoms with Gasteiger partial charge < -0.3 is 24.7 Å². The van der Waals surface area contributed by atoms with Crippen LogP contribution in [0.15, 0.2) is 71.8 Å². The van der Waals surface area contributed by atoms with Gasteiger partial charge in [0.05, 0.1) is 35.0 Å². The minimum absolute atomic E-state index is 0.160. The maximum atomic E-state index is 11.3. The maximum absolute atomic E-state index is 11.3. The van der Waals surface area contributed by atoms with Crippen LogP contribution in [0.2, 0.25) is 5.02 Å². The van der Waals surface area contributed by atoms with Gasteiger partial charge in [-0.15, -0.1) is 0 Å². The molecule has 1 aliphatic heterocycles. The summed E-state index contributed by atoms with van der Waals surface area (Å²) in [6, 6.07) is 19.7. The Balaban J connectivity index is 1.22. The summed E-state index contributed by atoms with van der Waals surface area (Å²) in [6.45, 7) is -0.120. The van der Waals surface area contributed by atoms with Crippen molar-refractivity contribution in [2.24, 2.45) is 0 Å². The number of aliphatic hydroxyl groups is 2. The summed E-state index contributed by atoms with van der Waals surface area (Å²) in [5, 5.41) is 22.6. The molecule has 0 saturated carbocycles. The third kappa shape index (κ3) is 4.51. The van der Waals surface area contributed by atoms with Gasteiger partial charge in [0.1, 0.15) is 18.5 Å². The number of halogens is 1. The van der Waals surface area contributed by atoms with Crippen LogP contribution < -0.4 is 10.4 Å². The van der Waals surface area contributed by atoms with Gasteiger partial charge in [-0.05, 0) is 41.0 Å². The van der Waals surface area contributed by atoms with E-state index in [-0.39, 0.29) is 19.2 Å². The lowest BCUT2D eigenvalue weighted by molar-refractivity contribution is -0.00390. The van der Waals surface area contributed by atoms with Gasteiger partial charge >= 0.3 is 5.69 Å². The van der Waals surface area contributed by atoms with Crippen LogP contribution in [0.3, 0.4) is 0 Å². The summed E-state index contributed by atoms with van der Waals surface area (Å²) >= 11 is 6.60. The molecule has 5 aromatic rings. The number of ether oxygens (including phenoxy) is 2. The SMILES string of the molecule is O=c1ncn(-c2ccc(-c3ccc(-c4cc5nc(OC6CO[C@H](CO)C6O)[nH]c5cc4Cl)cc3)cc2)[nH]1. The smallest absolute Gasteiger partial charge is 0.361 e. The Labute approximate surface area is 215 Å². The highest BCUT2D eigenvalue weighted by molar-refractivity contribution is 6.34. The second-order valence-corrected chi connectivity index (χ2v) is 9.16. The fourth-order valence-electron chi connectivity index (χ4n) is 4.41. The van der Waals surface area contributed by atoms with E-state index in [2.05, 4.69) is 20.1 Å². The Bertz CT molecular complexity index is 1610. The lowest BCUT2D eigenvalue weighted by Gasteiger charge is -2.15. The van der Waals surface area contributed by atoms with Crippen molar-refractivity contribution in [3.05, 3.63) is 82.5 Å². The summed E-state index contributed by atoms with van der Waals surface area (Å²) in [5.41, 5.74) is 5.58. The molecule has 0 aliphatic carbocycles. The first-order chi connectivity index (χ1) is 18.0. The molecule has 6 rings (SSSR count). The zero-order chi connectivity index (χ0) is 25.5. The highest BCUT2D eigenvalue weighted by Gasteiger charge is 2.37. The van der Waals surface area contributed by atoms with Crippen molar-refractivity contribution in [3.8, 4) is 34.0 Å². The largest absolute Gasteiger partial charge is 0.456 e. The van der Waals surface area contributed by atoms with E-state index in [1.165, 1.54) is 6.33 Å². The number of nitrogens with one attached hydrogen (secondary N) is 2. The van der Waals surface area contributed by atoms with Gasteiger partial charge in [-0.2, -0.15) is 9.97 Å². The van der Waals surface area contributed by atoms with E-state index < -0.39 is 24.0 Å². The second-order valence-electron chi connectivity index (χ2n) is 8.75. The molecule has 0 radical (unpaired) electrons. The highest BCUT2D eigenvalue weighted by atomic mass is 35.5. The molecule has 1 fully saturated rings. The molecule has 2 aromatic heterocycles. The van der Waals surface area contributed by atoms with Crippen LogP contribution in [0.5, 0.6) is 6.01 Å². The molecular formula is C26H22ClN5O5. The lowest BCUT2D eigenvalue weighted by atomic mass is 10.00. The molecule has 0 bridgehead atoms. The standard InChI is InChI=1S/C26H22ClN5O5/c27-19-10-21-20(29-26(30-21)37-23-12-36-22(11-33)24(23)34)9-18(19)16-3-1-14(2-4-16)15-5-7-17(8-6-15)32-13-28-25(35)31-32/h1-10,13,22-24,33-34H,11-12H2,(H,29,30)(H,31,35)/t22-,23?,24?/m1/s1. The van der Waals surface area contributed by atoms with Crippen molar-refractivity contribution in [3.63, 3.8) is 0 Å². The number of H-pyrrole nitrogens is 2. The molecular weight excluding hydrogens is 498 g/mol. The van der Waals surface area contributed by atoms with Gasteiger partial charge in [0.15, 0.2) is 6.10 Å². The van der Waals surface area contributed by atoms with Gasteiger partial charge in [-0.25, -0.2) is 14.6 Å². The summed E-state index contributed by atoms with van der Waals surface area (Å²) < 4.78 is 12.7. The van der Waals surface area contributed by atoms with Gasteiger partial charge in [-0.3, -0.25) is 0 Å². The topological polar surface area (TPSA) is 138 Å². The highest BCUT2D eigenvalue weighted by Crippen LogP contribution is 2.34. The van der Waals surface area contributed by atoms with Crippen molar-refractivity contribution >= 4 is 22.6 Å². The Morgan fingerprint density at radius 1 is 1.08 bits per heavy atom. The van der Waals surface area contributed by atoms with E-state index in [4.69, 9.17) is 21.1 Å². The normalized spacial score (nSPS) is 19.5. The van der Waals surface area contributed by atoms with E-state index in [0.29, 0.717) is 16.1 Å². The lowest BCUT2D eigenvalue weighted by Crippen LogP contribution is -2.36. The van der Waals surface area contributed by atoms with Crippen LogP contribution in [0.4, 0.5) is 0 Å². The molecule has 3 heterocycles. The van der Waals surface area contributed by atoms with Crippen molar-refractivity contribution in [2.75, 3.05) is 13.2 Å². The number of aromatic nitrogens is 5. The second kappa shape index (κ2) is 9.49. The van der Waals surface area contributed by atoms with Crippen LogP contribution in [0.1, 0.15) is 0 Å². The molecule has 188 valence electrons. The number of aromatic amines is 2. The average molecular weight is 520 g/mol. The van der Waals surface area contributed by atoms with Gasteiger partial charge in [0, 0.05) is 5.56 Å². The molecule has 1 saturated heterocycles. The van der Waals surface area contributed by atoms with Crippen molar-refractivity contribution in [2.45, 2.75) is 18.3 Å². The van der Waals surface area contributed by atoms with E-state index in [0.717, 1.165) is 27.9 Å². The average Bonchev–Trinajstić information content (AvgIpc) is 3.62. The fourth-order valence-corrected chi connectivity index (χ4v) is 4.68. The zero-order valence-electron chi connectivity index (χ0n) is 19.3. The summed E-state index contributed by atoms with van der Waals surface area (Å²) in [6.07, 6.45) is -0.794. The third-order valence-corrected chi connectivity index (χ3v) is 6.72. The number of rotatable bonds is 6. The quantitative estimate of drug-likeness (QED) is 0.270. The van der Waals surface area contributed by atoms with Gasteiger partial charge in [0.2, 0.25) is 0 Å². The minimum Gasteiger partial charge on any atom is -0.456 e. The van der Waals surface area contributed by atoms with Crippen LogP contribution >= 0.6 is 11.6 Å². The summed E-state index contributed by atoms with van der Waals surface area (Å²) in [7, 11) is 0. The summed E-state index contributed by atoms with van der Waals surface area (Å²) in [5.74, 6) is 0. The predicted molar refractivity (Wildman–Crippen MR) is 137 cm³/mol. The van der Waals surface area contributed by atoms with Crippen molar-refractivity contribution < 1.29 is 19.7 Å². The Kier molecular flexibility index (Phi) is 6.01. The number of imidazole rings is 1. The van der Waals surface area contributed by atoms with E-state index in [1.807, 2.05) is 54.6 Å². The molecule has 0 amide bonds. The number of nitrogens with zero attached hydrogens (tertiary/aromatic N) is 3. The molecule has 0 spiro atoms. The Morgan fingerprint density at radius 3 is 2.43 bits per heavy atom. The monoisotopic (exact) mass is 519 g/mol. The molecule has 1 aliphatic rings. The van der Waals surface area contributed by atoms with E-state index in [1.54, 1.807) is 10.7 Å². The first-order valence-electron chi connectivity index (χ1n) is 11.6. The molecule has 3 aromatic carbocycles. The van der Waals surface area contributed by atoms with Crippen LogP contribution in [0.25, 0.3) is 39.0 Å². The Hall–Kier alpha value is -3.96. The fraction of sp³-hybridized carbons (Fsp3) is 0.192. The van der Waals surface area contributed by atoms with E-state index in [9.17, 15) is 15.0 Å². The van der Waals surface area contributed by atoms with Crippen LogP contribution in [-0.4, -0.2) is 66.5 Å². The number of aliphatic hydroxyl groups excluding tert-OH is 2. The van der Waals surface area contributed by atoms with Crippen molar-refractivity contribution in [1.82, 2.24) is 24.7 Å².